The molecule has 7 nitrogen and oxygen atoms in total. The summed E-state index contributed by atoms with van der Waals surface area (Å²) in [6.07, 6.45) is 1.27. The number of hydrogen-bond acceptors (Lipinski definition) is 6. The van der Waals surface area contributed by atoms with Crippen molar-refractivity contribution in [2.75, 3.05) is 11.9 Å². The molecule has 1 N–H and O–H groups in total. The van der Waals surface area contributed by atoms with Gasteiger partial charge in [0.05, 0.1) is 16.6 Å². The number of amides is 1. The summed E-state index contributed by atoms with van der Waals surface area (Å²) in [6, 6.07) is 12.3. The Labute approximate surface area is 196 Å². The van der Waals surface area contributed by atoms with Crippen molar-refractivity contribution in [3.8, 4) is 0 Å². The van der Waals surface area contributed by atoms with Gasteiger partial charge in [-0.25, -0.2) is 12.8 Å². The van der Waals surface area contributed by atoms with Gasteiger partial charge in [-0.2, -0.15) is 4.31 Å². The molecule has 0 spiro atoms. The summed E-state index contributed by atoms with van der Waals surface area (Å²) in [6.45, 7) is 6.58. The smallest absolute Gasteiger partial charge is 0.286 e. The molecule has 33 heavy (non-hydrogen) atoms. The second kappa shape index (κ2) is 8.92. The second-order valence-electron chi connectivity index (χ2n) is 8.93. The maximum Gasteiger partial charge on any atom is 0.286 e. The number of rotatable bonds is 5. The monoisotopic (exact) mass is 488 g/mol. The van der Waals surface area contributed by atoms with Crippen LogP contribution in [0, 0.1) is 5.82 Å². The highest BCUT2D eigenvalue weighted by Crippen LogP contribution is 2.38. The van der Waals surface area contributed by atoms with Crippen LogP contribution in [0.15, 0.2) is 53.4 Å². The van der Waals surface area contributed by atoms with Gasteiger partial charge in [-0.1, -0.05) is 56.4 Å². The van der Waals surface area contributed by atoms with E-state index >= 15 is 0 Å². The molecule has 3 aromatic rings. The van der Waals surface area contributed by atoms with E-state index in [2.05, 4.69) is 36.3 Å². The van der Waals surface area contributed by atoms with Crippen molar-refractivity contribution in [3.63, 3.8) is 0 Å². The number of hydrogen-bond donors (Lipinski definition) is 1. The minimum absolute atomic E-state index is 0.0445. The largest absolute Gasteiger partial charge is 0.317 e. The summed E-state index contributed by atoms with van der Waals surface area (Å²) in [5.41, 5.74) is 1.02. The summed E-state index contributed by atoms with van der Waals surface area (Å²) in [4.78, 5) is 12.7. The predicted molar refractivity (Wildman–Crippen MR) is 125 cm³/mol. The summed E-state index contributed by atoms with van der Waals surface area (Å²) in [5, 5.41) is 11.0. The van der Waals surface area contributed by atoms with Crippen molar-refractivity contribution in [1.29, 1.82) is 0 Å². The number of carbonyl (C=O) groups excluding carboxylic acids is 1. The van der Waals surface area contributed by atoms with E-state index in [0.29, 0.717) is 24.4 Å². The Bertz CT molecular complexity index is 1270. The molecule has 1 unspecified atom stereocenters. The van der Waals surface area contributed by atoms with E-state index in [0.717, 1.165) is 16.9 Å². The maximum atomic E-state index is 13.8. The van der Waals surface area contributed by atoms with Gasteiger partial charge in [0.25, 0.3) is 5.91 Å². The van der Waals surface area contributed by atoms with Gasteiger partial charge in [-0.05, 0) is 48.1 Å². The number of anilines is 1. The Morgan fingerprint density at radius 3 is 2.48 bits per heavy atom. The number of aromatic nitrogens is 2. The van der Waals surface area contributed by atoms with Crippen LogP contribution in [0.5, 0.6) is 0 Å². The van der Waals surface area contributed by atoms with Crippen LogP contribution >= 0.6 is 11.3 Å². The first kappa shape index (κ1) is 23.5. The van der Waals surface area contributed by atoms with Crippen LogP contribution in [0.3, 0.4) is 0 Å². The lowest BCUT2D eigenvalue weighted by molar-refractivity contribution is 0.102. The van der Waals surface area contributed by atoms with Crippen LogP contribution in [-0.4, -0.2) is 35.4 Å². The highest BCUT2D eigenvalue weighted by Gasteiger charge is 2.38. The normalized spacial score (nSPS) is 17.3. The first-order chi connectivity index (χ1) is 15.6. The third-order valence-corrected chi connectivity index (χ3v) is 8.52. The third kappa shape index (κ3) is 4.83. The molecule has 1 aliphatic rings. The van der Waals surface area contributed by atoms with E-state index in [-0.39, 0.29) is 21.0 Å². The number of benzene rings is 2. The Morgan fingerprint density at radius 1 is 1.12 bits per heavy atom. The number of para-hydroxylation sites is 1. The van der Waals surface area contributed by atoms with Crippen molar-refractivity contribution in [2.45, 2.75) is 50.0 Å². The number of nitrogens with one attached hydrogen (secondary N) is 1. The van der Waals surface area contributed by atoms with Crippen LogP contribution in [0.4, 0.5) is 10.1 Å². The van der Waals surface area contributed by atoms with Gasteiger partial charge in [-0.15, -0.1) is 10.2 Å². The van der Waals surface area contributed by atoms with Crippen molar-refractivity contribution < 1.29 is 17.6 Å². The third-order valence-electron chi connectivity index (χ3n) is 5.57. The van der Waals surface area contributed by atoms with E-state index < -0.39 is 27.8 Å². The van der Waals surface area contributed by atoms with Crippen molar-refractivity contribution in [2.24, 2.45) is 0 Å². The first-order valence-corrected chi connectivity index (χ1v) is 12.8. The summed E-state index contributed by atoms with van der Waals surface area (Å²) in [5.74, 6) is -1.14. The molecule has 4 rings (SSSR count). The highest BCUT2D eigenvalue weighted by molar-refractivity contribution is 7.89. The fourth-order valence-corrected chi connectivity index (χ4v) is 6.35. The molecule has 10 heteroatoms. The molecule has 1 aromatic heterocycles. The quantitative estimate of drug-likeness (QED) is 0.559. The Hall–Kier alpha value is -2.69. The van der Waals surface area contributed by atoms with Crippen molar-refractivity contribution in [3.05, 3.63) is 69.9 Å². The van der Waals surface area contributed by atoms with E-state index in [1.54, 1.807) is 18.2 Å². The molecule has 0 bridgehead atoms. The van der Waals surface area contributed by atoms with Crippen LogP contribution in [0.1, 0.15) is 60.0 Å². The van der Waals surface area contributed by atoms with Crippen molar-refractivity contribution >= 4 is 33.0 Å². The number of carbonyl (C=O) groups is 1. The average molecular weight is 489 g/mol. The fraction of sp³-hybridized carbons (Fsp3) is 0.348. The molecule has 2 aromatic carbocycles. The summed E-state index contributed by atoms with van der Waals surface area (Å²) < 4.78 is 42.0. The van der Waals surface area contributed by atoms with Gasteiger partial charge in [0.1, 0.15) is 10.8 Å². The average Bonchev–Trinajstić information content (AvgIpc) is 3.45. The molecular weight excluding hydrogens is 463 g/mol. The van der Waals surface area contributed by atoms with E-state index in [9.17, 15) is 17.6 Å². The molecule has 0 saturated carbocycles. The van der Waals surface area contributed by atoms with Gasteiger partial charge >= 0.3 is 0 Å². The molecule has 1 fully saturated rings. The summed E-state index contributed by atoms with van der Waals surface area (Å²) in [7, 11) is -3.74. The van der Waals surface area contributed by atoms with Crippen LogP contribution in [0.25, 0.3) is 0 Å². The molecule has 1 saturated heterocycles. The SMILES string of the molecule is CC(C)(C)c1ccc(S(=O)(=O)N2CCCC2c2nnc(C(=O)Nc3ccccc3F)s2)cc1. The minimum Gasteiger partial charge on any atom is -0.317 e. The van der Waals surface area contributed by atoms with Crippen LogP contribution in [0.2, 0.25) is 0 Å². The van der Waals surface area contributed by atoms with Gasteiger partial charge in [0.15, 0.2) is 0 Å². The van der Waals surface area contributed by atoms with E-state index in [1.807, 2.05) is 12.1 Å². The summed E-state index contributed by atoms with van der Waals surface area (Å²) >= 11 is 1.02. The van der Waals surface area contributed by atoms with Gasteiger partial charge < -0.3 is 5.32 Å². The second-order valence-corrected chi connectivity index (χ2v) is 11.8. The lowest BCUT2D eigenvalue weighted by Gasteiger charge is -2.23. The standard InChI is InChI=1S/C23H25FN4O3S2/c1-23(2,3)15-10-12-16(13-11-15)33(30,31)28-14-6-9-19(28)21-26-27-22(32-21)20(29)25-18-8-5-4-7-17(18)24/h4-5,7-8,10-13,19H,6,9,14H2,1-3H3,(H,25,29). The number of sulfonamides is 1. The van der Waals surface area contributed by atoms with Gasteiger partial charge in [0, 0.05) is 6.54 Å². The van der Waals surface area contributed by atoms with E-state index in [1.165, 1.54) is 22.5 Å². The Balaban J connectivity index is 1.54. The molecular formula is C23H25FN4O3S2. The molecule has 1 amide bonds. The molecule has 0 aliphatic carbocycles. The lowest BCUT2D eigenvalue weighted by Crippen LogP contribution is -2.30. The van der Waals surface area contributed by atoms with Crippen molar-refractivity contribution in [1.82, 2.24) is 14.5 Å². The first-order valence-electron chi connectivity index (χ1n) is 10.6. The zero-order valence-corrected chi connectivity index (χ0v) is 20.2. The van der Waals surface area contributed by atoms with Crippen LogP contribution in [-0.2, 0) is 15.4 Å². The topological polar surface area (TPSA) is 92.3 Å². The lowest BCUT2D eigenvalue weighted by atomic mass is 9.87. The molecule has 174 valence electrons. The Kier molecular flexibility index (Phi) is 6.35. The molecule has 0 radical (unpaired) electrons. The van der Waals surface area contributed by atoms with Gasteiger partial charge in [-0.3, -0.25) is 4.79 Å². The maximum absolute atomic E-state index is 13.8. The number of nitrogens with zero attached hydrogens (tertiary/aromatic N) is 3. The Morgan fingerprint density at radius 2 is 1.82 bits per heavy atom. The highest BCUT2D eigenvalue weighted by atomic mass is 32.2. The molecule has 1 atom stereocenters. The predicted octanol–water partition coefficient (Wildman–Crippen LogP) is 4.75. The zero-order chi connectivity index (χ0) is 23.8. The van der Waals surface area contributed by atoms with Crippen LogP contribution < -0.4 is 5.32 Å². The van der Waals surface area contributed by atoms with Gasteiger partial charge in [0.2, 0.25) is 15.0 Å². The molecule has 1 aliphatic heterocycles. The minimum atomic E-state index is -3.74. The van der Waals surface area contributed by atoms with E-state index in [4.69, 9.17) is 0 Å². The fourth-order valence-electron chi connectivity index (χ4n) is 3.74. The zero-order valence-electron chi connectivity index (χ0n) is 18.6. The number of halogens is 1. The molecule has 2 heterocycles.